The third kappa shape index (κ3) is 3.01. The third-order valence-electron chi connectivity index (χ3n) is 4.98. The predicted molar refractivity (Wildman–Crippen MR) is 84.1 cm³/mol. The Morgan fingerprint density at radius 2 is 1.95 bits per heavy atom. The van der Waals surface area contributed by atoms with Crippen LogP contribution in [0.4, 0.5) is 0 Å². The van der Waals surface area contributed by atoms with Crippen LogP contribution in [-0.4, -0.2) is 44.8 Å². The zero-order valence-electron chi connectivity index (χ0n) is 13.1. The van der Waals surface area contributed by atoms with Gasteiger partial charge >= 0.3 is 0 Å². The molecular formula is C17H26N2O2. The van der Waals surface area contributed by atoms with E-state index in [0.29, 0.717) is 12.6 Å². The molecule has 1 aliphatic heterocycles. The van der Waals surface area contributed by atoms with E-state index >= 15 is 0 Å². The van der Waals surface area contributed by atoms with Gasteiger partial charge in [0.05, 0.1) is 7.11 Å². The number of ether oxygens (including phenoxy) is 2. The fraction of sp³-hybridized carbons (Fsp3) is 0.647. The lowest BCUT2D eigenvalue weighted by molar-refractivity contribution is 0.111. The Morgan fingerprint density at radius 3 is 2.52 bits per heavy atom. The Hall–Kier alpha value is -1.26. The quantitative estimate of drug-likeness (QED) is 0.903. The first-order valence-electron chi connectivity index (χ1n) is 7.91. The molecule has 4 nitrogen and oxygen atoms in total. The first kappa shape index (κ1) is 14.7. The first-order chi connectivity index (χ1) is 10.2. The average Bonchev–Trinajstić information content (AvgIpc) is 3.31. The van der Waals surface area contributed by atoms with Crippen LogP contribution in [0.3, 0.4) is 0 Å². The largest absolute Gasteiger partial charge is 0.493 e. The normalized spacial score (nSPS) is 22.0. The summed E-state index contributed by atoms with van der Waals surface area (Å²) in [6.45, 7) is 2.91. The summed E-state index contributed by atoms with van der Waals surface area (Å²) in [5.41, 5.74) is 7.40. The Bertz CT molecular complexity index is 492. The molecule has 1 heterocycles. The van der Waals surface area contributed by atoms with Crippen molar-refractivity contribution in [3.05, 3.63) is 23.8 Å². The van der Waals surface area contributed by atoms with E-state index in [0.717, 1.165) is 37.4 Å². The number of hydrogen-bond donors (Lipinski definition) is 1. The van der Waals surface area contributed by atoms with Crippen LogP contribution in [0.25, 0.3) is 0 Å². The maximum Gasteiger partial charge on any atom is 0.161 e. The number of benzene rings is 1. The Balaban J connectivity index is 1.73. The van der Waals surface area contributed by atoms with E-state index in [2.05, 4.69) is 30.1 Å². The van der Waals surface area contributed by atoms with E-state index in [9.17, 15) is 0 Å². The van der Waals surface area contributed by atoms with Crippen molar-refractivity contribution >= 4 is 0 Å². The number of piperidine rings is 1. The number of nitrogens with two attached hydrogens (primary N) is 1. The second-order valence-corrected chi connectivity index (χ2v) is 6.47. The molecule has 116 valence electrons. The van der Waals surface area contributed by atoms with Crippen LogP contribution in [0.1, 0.15) is 31.2 Å². The van der Waals surface area contributed by atoms with Gasteiger partial charge in [-0.15, -0.1) is 0 Å². The summed E-state index contributed by atoms with van der Waals surface area (Å²) < 4.78 is 11.7. The topological polar surface area (TPSA) is 47.7 Å². The maximum atomic E-state index is 6.16. The standard InChI is InChI=1S/C17H26N2O2/c1-19-9-5-14(6-10-19)21-15-4-3-13(11-16(15)20-2)17(12-18)7-8-17/h3-4,11,14H,5-10,12,18H2,1-2H3. The molecule has 1 aliphatic carbocycles. The minimum atomic E-state index is 0.194. The molecule has 21 heavy (non-hydrogen) atoms. The molecule has 1 saturated carbocycles. The van der Waals surface area contributed by atoms with E-state index in [-0.39, 0.29) is 5.41 Å². The monoisotopic (exact) mass is 290 g/mol. The molecule has 1 saturated heterocycles. The summed E-state index contributed by atoms with van der Waals surface area (Å²) in [6.07, 6.45) is 4.82. The fourth-order valence-electron chi connectivity index (χ4n) is 3.14. The van der Waals surface area contributed by atoms with Crippen molar-refractivity contribution in [2.75, 3.05) is 33.8 Å². The summed E-state index contributed by atoms with van der Waals surface area (Å²) in [5.74, 6) is 1.70. The van der Waals surface area contributed by atoms with Crippen molar-refractivity contribution in [1.82, 2.24) is 4.90 Å². The van der Waals surface area contributed by atoms with Crippen LogP contribution in [0.15, 0.2) is 18.2 Å². The average molecular weight is 290 g/mol. The van der Waals surface area contributed by atoms with Gasteiger partial charge in [0.25, 0.3) is 0 Å². The minimum absolute atomic E-state index is 0.194. The number of nitrogens with zero attached hydrogens (tertiary/aromatic N) is 1. The Kier molecular flexibility index (Phi) is 4.09. The van der Waals surface area contributed by atoms with Crippen molar-refractivity contribution in [1.29, 1.82) is 0 Å². The van der Waals surface area contributed by atoms with E-state index in [1.54, 1.807) is 7.11 Å². The zero-order chi connectivity index (χ0) is 14.9. The van der Waals surface area contributed by atoms with Gasteiger partial charge in [-0.1, -0.05) is 6.07 Å². The number of rotatable bonds is 5. The summed E-state index contributed by atoms with van der Waals surface area (Å²) in [7, 11) is 3.87. The summed E-state index contributed by atoms with van der Waals surface area (Å²) in [5, 5.41) is 0. The van der Waals surface area contributed by atoms with E-state index in [1.807, 2.05) is 0 Å². The van der Waals surface area contributed by atoms with Crippen LogP contribution in [0, 0.1) is 0 Å². The van der Waals surface area contributed by atoms with Gasteiger partial charge in [-0.25, -0.2) is 0 Å². The van der Waals surface area contributed by atoms with Gasteiger partial charge in [0, 0.05) is 25.0 Å². The fourth-order valence-corrected chi connectivity index (χ4v) is 3.14. The molecular weight excluding hydrogens is 264 g/mol. The highest BCUT2D eigenvalue weighted by molar-refractivity contribution is 5.47. The molecule has 0 radical (unpaired) electrons. The summed E-state index contributed by atoms with van der Waals surface area (Å²) in [4.78, 5) is 2.35. The molecule has 0 amide bonds. The Morgan fingerprint density at radius 1 is 1.24 bits per heavy atom. The molecule has 3 rings (SSSR count). The van der Waals surface area contributed by atoms with Crippen molar-refractivity contribution < 1.29 is 9.47 Å². The molecule has 0 spiro atoms. The molecule has 1 aromatic carbocycles. The third-order valence-corrected chi connectivity index (χ3v) is 4.98. The van der Waals surface area contributed by atoms with Crippen LogP contribution in [0.5, 0.6) is 11.5 Å². The lowest BCUT2D eigenvalue weighted by Gasteiger charge is -2.30. The summed E-state index contributed by atoms with van der Waals surface area (Å²) in [6, 6.07) is 6.33. The summed E-state index contributed by atoms with van der Waals surface area (Å²) >= 11 is 0. The highest BCUT2D eigenvalue weighted by Gasteiger charge is 2.43. The SMILES string of the molecule is COc1cc(C2(CN)CC2)ccc1OC1CCN(C)CC1. The van der Waals surface area contributed by atoms with E-state index < -0.39 is 0 Å². The lowest BCUT2D eigenvalue weighted by Crippen LogP contribution is -2.35. The molecule has 2 aliphatic rings. The van der Waals surface area contributed by atoms with Crippen molar-refractivity contribution in [2.24, 2.45) is 5.73 Å². The van der Waals surface area contributed by atoms with E-state index in [4.69, 9.17) is 15.2 Å². The van der Waals surface area contributed by atoms with Gasteiger partial charge < -0.3 is 20.1 Å². The zero-order valence-corrected chi connectivity index (χ0v) is 13.1. The van der Waals surface area contributed by atoms with Crippen molar-refractivity contribution in [2.45, 2.75) is 37.2 Å². The first-order valence-corrected chi connectivity index (χ1v) is 7.91. The number of likely N-dealkylation sites (tertiary alicyclic amines) is 1. The molecule has 1 aromatic rings. The second-order valence-electron chi connectivity index (χ2n) is 6.47. The van der Waals surface area contributed by atoms with Gasteiger partial charge in [-0.05, 0) is 50.4 Å². The molecule has 2 N–H and O–H groups in total. The van der Waals surface area contributed by atoms with Gasteiger partial charge in [-0.2, -0.15) is 0 Å². The molecule has 0 bridgehead atoms. The molecule has 2 fully saturated rings. The lowest BCUT2D eigenvalue weighted by atomic mass is 9.96. The molecule has 0 unspecified atom stereocenters. The number of methoxy groups -OCH3 is 1. The molecule has 4 heteroatoms. The molecule has 0 atom stereocenters. The van der Waals surface area contributed by atoms with Crippen molar-refractivity contribution in [3.63, 3.8) is 0 Å². The predicted octanol–water partition coefficient (Wildman–Crippen LogP) is 2.16. The minimum Gasteiger partial charge on any atom is -0.493 e. The second kappa shape index (κ2) is 5.85. The van der Waals surface area contributed by atoms with Gasteiger partial charge in [0.15, 0.2) is 11.5 Å². The number of hydrogen-bond acceptors (Lipinski definition) is 4. The van der Waals surface area contributed by atoms with Crippen LogP contribution >= 0.6 is 0 Å². The van der Waals surface area contributed by atoms with Gasteiger partial charge in [0.1, 0.15) is 6.10 Å². The van der Waals surface area contributed by atoms with Crippen LogP contribution in [0.2, 0.25) is 0 Å². The van der Waals surface area contributed by atoms with Crippen LogP contribution < -0.4 is 15.2 Å². The Labute approximate surface area is 127 Å². The smallest absolute Gasteiger partial charge is 0.161 e. The molecule has 0 aromatic heterocycles. The maximum absolute atomic E-state index is 6.16. The van der Waals surface area contributed by atoms with E-state index in [1.165, 1.54) is 18.4 Å². The highest BCUT2D eigenvalue weighted by atomic mass is 16.5. The van der Waals surface area contributed by atoms with Crippen molar-refractivity contribution in [3.8, 4) is 11.5 Å². The van der Waals surface area contributed by atoms with Crippen LogP contribution in [-0.2, 0) is 5.41 Å². The van der Waals surface area contributed by atoms with Gasteiger partial charge in [-0.3, -0.25) is 0 Å². The highest BCUT2D eigenvalue weighted by Crippen LogP contribution is 2.49. The van der Waals surface area contributed by atoms with Gasteiger partial charge in [0.2, 0.25) is 0 Å².